The Hall–Kier alpha value is -0.240. The van der Waals surface area contributed by atoms with Crippen LogP contribution in [0.15, 0.2) is 24.4 Å². The molecule has 0 bridgehead atoms. The van der Waals surface area contributed by atoms with Crippen LogP contribution in [0.4, 0.5) is 0 Å². The van der Waals surface area contributed by atoms with Gasteiger partial charge in [0.25, 0.3) is 0 Å². The minimum atomic E-state index is 0. The molecule has 0 aromatic rings. The van der Waals surface area contributed by atoms with Crippen molar-refractivity contribution < 1.29 is 0 Å². The normalized spacial score (nSPS) is 14.6. The van der Waals surface area contributed by atoms with Crippen LogP contribution >= 0.6 is 17.0 Å². The highest BCUT2D eigenvalue weighted by molar-refractivity contribution is 8.93. The first-order valence-corrected chi connectivity index (χ1v) is 4.51. The van der Waals surface area contributed by atoms with Crippen LogP contribution in [0.1, 0.15) is 26.2 Å². The molecule has 0 radical (unpaired) electrons. The molecule has 0 fully saturated rings. The van der Waals surface area contributed by atoms with Gasteiger partial charge in [0, 0.05) is 13.1 Å². The van der Waals surface area contributed by atoms with Gasteiger partial charge in [0.2, 0.25) is 0 Å². The summed E-state index contributed by atoms with van der Waals surface area (Å²) in [6.45, 7) is 4.56. The molecule has 0 amide bonds. The van der Waals surface area contributed by atoms with Gasteiger partial charge in [-0.3, -0.25) is 0 Å². The average Bonchev–Trinajstić information content (AvgIpc) is 2.07. The van der Waals surface area contributed by atoms with Crippen LogP contribution < -0.4 is 0 Å². The number of unbranched alkanes of at least 4 members (excludes halogenated alkanes) is 2. The molecule has 0 saturated carbocycles. The molecule has 1 nitrogen and oxygen atoms in total. The van der Waals surface area contributed by atoms with Crippen LogP contribution in [0.3, 0.4) is 0 Å². The lowest BCUT2D eigenvalue weighted by molar-refractivity contribution is 0.396. The first-order chi connectivity index (χ1) is 5.43. The van der Waals surface area contributed by atoms with Gasteiger partial charge in [-0.15, -0.1) is 17.0 Å². The van der Waals surface area contributed by atoms with Crippen LogP contribution in [0.2, 0.25) is 0 Å². The van der Waals surface area contributed by atoms with E-state index >= 15 is 0 Å². The zero-order chi connectivity index (χ0) is 7.94. The fourth-order valence-corrected chi connectivity index (χ4v) is 1.24. The van der Waals surface area contributed by atoms with Crippen molar-refractivity contribution in [2.45, 2.75) is 26.2 Å². The van der Waals surface area contributed by atoms with Gasteiger partial charge in [0.05, 0.1) is 0 Å². The summed E-state index contributed by atoms with van der Waals surface area (Å²) >= 11 is 0. The third kappa shape index (κ3) is 4.60. The molecule has 12 heavy (non-hydrogen) atoms. The molecule has 0 aromatic carbocycles. The van der Waals surface area contributed by atoms with Crippen LogP contribution in [0, 0.1) is 0 Å². The van der Waals surface area contributed by atoms with Crippen molar-refractivity contribution in [3.05, 3.63) is 24.4 Å². The lowest BCUT2D eigenvalue weighted by Gasteiger charge is -2.19. The van der Waals surface area contributed by atoms with Crippen molar-refractivity contribution in [1.82, 2.24) is 4.90 Å². The smallest absolute Gasteiger partial charge is 0.0357 e. The summed E-state index contributed by atoms with van der Waals surface area (Å²) in [4.78, 5) is 2.36. The molecule has 0 atom stereocenters. The van der Waals surface area contributed by atoms with E-state index in [2.05, 4.69) is 36.3 Å². The number of halogens is 1. The summed E-state index contributed by atoms with van der Waals surface area (Å²) in [5, 5.41) is 0. The first-order valence-electron chi connectivity index (χ1n) is 4.51. The molecule has 0 unspecified atom stereocenters. The lowest BCUT2D eigenvalue weighted by Crippen LogP contribution is -2.19. The van der Waals surface area contributed by atoms with Gasteiger partial charge in [-0.05, 0) is 18.7 Å². The largest absolute Gasteiger partial charge is 0.374 e. The Morgan fingerprint density at radius 2 is 2.08 bits per heavy atom. The predicted molar refractivity (Wildman–Crippen MR) is 59.7 cm³/mol. The molecular formula is C10H18BrN. The number of rotatable bonds is 4. The summed E-state index contributed by atoms with van der Waals surface area (Å²) in [6, 6.07) is 0. The van der Waals surface area contributed by atoms with Crippen LogP contribution in [0.25, 0.3) is 0 Å². The predicted octanol–water partition coefficient (Wildman–Crippen LogP) is 3.14. The van der Waals surface area contributed by atoms with Crippen molar-refractivity contribution in [3.8, 4) is 0 Å². The standard InChI is InChI=1S/C10H17N.BrH/c1-2-3-5-8-11-9-6-4-7-10-11;/h4,6-7,9H,2-3,5,8,10H2,1H3;1H. The van der Waals surface area contributed by atoms with E-state index in [1.54, 1.807) is 0 Å². The maximum atomic E-state index is 2.36. The summed E-state index contributed by atoms with van der Waals surface area (Å²) < 4.78 is 0. The highest BCUT2D eigenvalue weighted by atomic mass is 79.9. The molecule has 0 aliphatic carbocycles. The molecule has 0 N–H and O–H groups in total. The monoisotopic (exact) mass is 231 g/mol. The van der Waals surface area contributed by atoms with Crippen LogP contribution in [0.5, 0.6) is 0 Å². The minimum absolute atomic E-state index is 0. The fourth-order valence-electron chi connectivity index (χ4n) is 1.24. The number of hydrogen-bond donors (Lipinski definition) is 0. The number of hydrogen-bond acceptors (Lipinski definition) is 1. The molecule has 1 heterocycles. The maximum absolute atomic E-state index is 2.36. The summed E-state index contributed by atoms with van der Waals surface area (Å²) in [5.74, 6) is 0. The number of nitrogens with zero attached hydrogens (tertiary/aromatic N) is 1. The third-order valence-electron chi connectivity index (χ3n) is 1.93. The molecule has 70 valence electrons. The number of allylic oxidation sites excluding steroid dienone is 2. The van der Waals surface area contributed by atoms with E-state index in [-0.39, 0.29) is 17.0 Å². The van der Waals surface area contributed by atoms with Crippen LogP contribution in [-0.4, -0.2) is 18.0 Å². The van der Waals surface area contributed by atoms with Gasteiger partial charge in [-0.25, -0.2) is 0 Å². The summed E-state index contributed by atoms with van der Waals surface area (Å²) in [5.41, 5.74) is 0. The van der Waals surface area contributed by atoms with Crippen molar-refractivity contribution in [2.24, 2.45) is 0 Å². The fraction of sp³-hybridized carbons (Fsp3) is 0.600. The topological polar surface area (TPSA) is 3.24 Å². The lowest BCUT2D eigenvalue weighted by atomic mass is 10.2. The van der Waals surface area contributed by atoms with Gasteiger partial charge in [0.15, 0.2) is 0 Å². The van der Waals surface area contributed by atoms with Gasteiger partial charge in [-0.2, -0.15) is 0 Å². The van der Waals surface area contributed by atoms with Crippen LogP contribution in [-0.2, 0) is 0 Å². The Kier molecular flexibility index (Phi) is 7.26. The van der Waals surface area contributed by atoms with E-state index in [1.165, 1.54) is 25.8 Å². The Labute approximate surface area is 85.9 Å². The summed E-state index contributed by atoms with van der Waals surface area (Å²) in [6.07, 6.45) is 12.6. The van der Waals surface area contributed by atoms with Crippen molar-refractivity contribution in [3.63, 3.8) is 0 Å². The zero-order valence-corrected chi connectivity index (χ0v) is 9.41. The van der Waals surface area contributed by atoms with E-state index < -0.39 is 0 Å². The molecule has 0 aromatic heterocycles. The van der Waals surface area contributed by atoms with Crippen molar-refractivity contribution in [2.75, 3.05) is 13.1 Å². The molecule has 1 aliphatic heterocycles. The minimum Gasteiger partial charge on any atom is -0.374 e. The second-order valence-electron chi connectivity index (χ2n) is 2.97. The Morgan fingerprint density at radius 3 is 2.67 bits per heavy atom. The van der Waals surface area contributed by atoms with E-state index in [4.69, 9.17) is 0 Å². The van der Waals surface area contributed by atoms with E-state index in [0.29, 0.717) is 0 Å². The first kappa shape index (κ1) is 11.8. The molecule has 0 saturated heterocycles. The van der Waals surface area contributed by atoms with Crippen molar-refractivity contribution in [1.29, 1.82) is 0 Å². The van der Waals surface area contributed by atoms with Gasteiger partial charge >= 0.3 is 0 Å². The molecule has 1 aliphatic rings. The van der Waals surface area contributed by atoms with E-state index in [1.807, 2.05) is 0 Å². The second-order valence-corrected chi connectivity index (χ2v) is 2.97. The van der Waals surface area contributed by atoms with Gasteiger partial charge in [0.1, 0.15) is 0 Å². The maximum Gasteiger partial charge on any atom is 0.0357 e. The SMILES string of the molecule is Br.CCCCCN1C=CC=CC1. The molecule has 1 rings (SSSR count). The molecule has 2 heteroatoms. The second kappa shape index (κ2) is 7.41. The highest BCUT2D eigenvalue weighted by Gasteiger charge is 1.97. The molecule has 0 spiro atoms. The Balaban J connectivity index is 0.00000121. The zero-order valence-electron chi connectivity index (χ0n) is 7.70. The Morgan fingerprint density at radius 1 is 1.25 bits per heavy atom. The quantitative estimate of drug-likeness (QED) is 0.673. The van der Waals surface area contributed by atoms with Crippen molar-refractivity contribution >= 4 is 17.0 Å². The summed E-state index contributed by atoms with van der Waals surface area (Å²) in [7, 11) is 0. The Bertz CT molecular complexity index is 152. The van der Waals surface area contributed by atoms with E-state index in [9.17, 15) is 0 Å². The average molecular weight is 232 g/mol. The third-order valence-corrected chi connectivity index (χ3v) is 1.93. The molecular weight excluding hydrogens is 214 g/mol. The van der Waals surface area contributed by atoms with Gasteiger partial charge < -0.3 is 4.90 Å². The van der Waals surface area contributed by atoms with Gasteiger partial charge in [-0.1, -0.05) is 31.9 Å². The van der Waals surface area contributed by atoms with E-state index in [0.717, 1.165) is 6.54 Å². The highest BCUT2D eigenvalue weighted by Crippen LogP contribution is 2.02.